The minimum Gasteiger partial charge on any atom is -0.361 e. The van der Waals surface area contributed by atoms with Gasteiger partial charge in [-0.2, -0.15) is 0 Å². The Hall–Kier alpha value is -1.07. The molecule has 0 spiro atoms. The molecule has 2 amide bonds. The maximum absolute atomic E-state index is 10.7. The first-order valence-electron chi connectivity index (χ1n) is 2.95. The molecule has 4 nitrogen and oxygen atoms in total. The van der Waals surface area contributed by atoms with E-state index in [2.05, 4.69) is 5.32 Å². The Labute approximate surface area is 77.3 Å². The van der Waals surface area contributed by atoms with Crippen LogP contribution in [0.2, 0.25) is 4.34 Å². The third-order valence-electron chi connectivity index (χ3n) is 1.09. The van der Waals surface area contributed by atoms with Crippen LogP contribution >= 0.6 is 22.9 Å². The molecule has 64 valence electrons. The van der Waals surface area contributed by atoms with Crippen LogP contribution in [0.3, 0.4) is 0 Å². The summed E-state index contributed by atoms with van der Waals surface area (Å²) in [5.74, 6) is -1.90. The number of nitrogens with two attached hydrogens (primary N) is 1. The molecule has 0 aliphatic carbocycles. The highest BCUT2D eigenvalue weighted by Crippen LogP contribution is 2.27. The molecule has 0 atom stereocenters. The van der Waals surface area contributed by atoms with Crippen molar-refractivity contribution in [2.24, 2.45) is 5.73 Å². The van der Waals surface area contributed by atoms with Crippen molar-refractivity contribution in [3.05, 3.63) is 15.8 Å². The lowest BCUT2D eigenvalue weighted by atomic mass is 10.5. The number of nitrogens with one attached hydrogen (secondary N) is 1. The Morgan fingerprint density at radius 3 is 2.67 bits per heavy atom. The van der Waals surface area contributed by atoms with Crippen LogP contribution < -0.4 is 11.1 Å². The number of hydrogen-bond donors (Lipinski definition) is 2. The highest BCUT2D eigenvalue weighted by Gasteiger charge is 2.10. The number of thiophene rings is 1. The highest BCUT2D eigenvalue weighted by atomic mass is 35.5. The van der Waals surface area contributed by atoms with Crippen molar-refractivity contribution >= 4 is 40.4 Å². The third kappa shape index (κ3) is 1.96. The minimum absolute atomic E-state index is 0.408. The van der Waals surface area contributed by atoms with Crippen LogP contribution in [0.1, 0.15) is 0 Å². The molecule has 0 aliphatic rings. The van der Waals surface area contributed by atoms with Gasteiger partial charge in [0.2, 0.25) is 0 Å². The van der Waals surface area contributed by atoms with Gasteiger partial charge in [-0.05, 0) is 11.4 Å². The summed E-state index contributed by atoms with van der Waals surface area (Å²) in [7, 11) is 0. The largest absolute Gasteiger partial charge is 0.361 e. The first-order valence-corrected chi connectivity index (χ1v) is 4.21. The first-order chi connectivity index (χ1) is 5.61. The van der Waals surface area contributed by atoms with Gasteiger partial charge >= 0.3 is 11.8 Å². The molecule has 1 aromatic rings. The summed E-state index contributed by atoms with van der Waals surface area (Å²) in [6.45, 7) is 0. The molecule has 6 heteroatoms. The van der Waals surface area contributed by atoms with Crippen molar-refractivity contribution in [3.63, 3.8) is 0 Å². The zero-order chi connectivity index (χ0) is 9.14. The Balaban J connectivity index is 2.71. The fourth-order valence-corrected chi connectivity index (χ4v) is 1.40. The van der Waals surface area contributed by atoms with Crippen molar-refractivity contribution in [2.45, 2.75) is 0 Å². The number of carbonyl (C=O) groups is 2. The molecule has 1 rings (SSSR count). The number of anilines is 1. The number of halogens is 1. The van der Waals surface area contributed by atoms with Crippen LogP contribution in [0.15, 0.2) is 11.4 Å². The Kier molecular flexibility index (Phi) is 2.67. The fraction of sp³-hybridized carbons (Fsp3) is 0. The smallest absolute Gasteiger partial charge is 0.313 e. The summed E-state index contributed by atoms with van der Waals surface area (Å²) in [5, 5.41) is 3.95. The molecule has 12 heavy (non-hydrogen) atoms. The van der Waals surface area contributed by atoms with Gasteiger partial charge in [-0.15, -0.1) is 11.3 Å². The first kappa shape index (κ1) is 9.02. The summed E-state index contributed by atoms with van der Waals surface area (Å²) < 4.78 is 0.421. The molecular formula is C6H5ClN2O2S. The monoisotopic (exact) mass is 204 g/mol. The summed E-state index contributed by atoms with van der Waals surface area (Å²) in [6.07, 6.45) is 0. The van der Waals surface area contributed by atoms with Crippen molar-refractivity contribution < 1.29 is 9.59 Å². The standard InChI is InChI=1S/C6H5ClN2O2S/c7-4-3(1-2-12-4)9-6(11)5(8)10/h1-2H,(H2,8,10)(H,9,11). The molecular weight excluding hydrogens is 200 g/mol. The van der Waals surface area contributed by atoms with E-state index < -0.39 is 11.8 Å². The third-order valence-corrected chi connectivity index (χ3v) is 2.26. The van der Waals surface area contributed by atoms with Crippen LogP contribution in [-0.2, 0) is 9.59 Å². The zero-order valence-electron chi connectivity index (χ0n) is 5.83. The Morgan fingerprint density at radius 2 is 2.25 bits per heavy atom. The summed E-state index contributed by atoms with van der Waals surface area (Å²) in [5.41, 5.74) is 5.12. The lowest BCUT2D eigenvalue weighted by molar-refractivity contribution is -0.134. The lowest BCUT2D eigenvalue weighted by Crippen LogP contribution is -2.29. The van der Waals surface area contributed by atoms with E-state index in [0.717, 1.165) is 0 Å². The van der Waals surface area contributed by atoms with Gasteiger partial charge in [-0.25, -0.2) is 0 Å². The fourth-order valence-electron chi connectivity index (χ4n) is 0.566. The van der Waals surface area contributed by atoms with E-state index in [1.54, 1.807) is 11.4 Å². The van der Waals surface area contributed by atoms with Crippen molar-refractivity contribution in [1.29, 1.82) is 0 Å². The van der Waals surface area contributed by atoms with Gasteiger partial charge in [-0.3, -0.25) is 9.59 Å². The molecule has 1 heterocycles. The van der Waals surface area contributed by atoms with Gasteiger partial charge in [0.1, 0.15) is 4.34 Å². The van der Waals surface area contributed by atoms with E-state index in [4.69, 9.17) is 17.3 Å². The molecule has 0 bridgehead atoms. The average Bonchev–Trinajstić information content (AvgIpc) is 2.36. The van der Waals surface area contributed by atoms with E-state index in [1.807, 2.05) is 0 Å². The van der Waals surface area contributed by atoms with Crippen molar-refractivity contribution in [1.82, 2.24) is 0 Å². The lowest BCUT2D eigenvalue weighted by Gasteiger charge is -1.98. The molecule has 0 saturated heterocycles. The number of hydrogen-bond acceptors (Lipinski definition) is 3. The van der Waals surface area contributed by atoms with Gasteiger partial charge in [0.15, 0.2) is 0 Å². The molecule has 0 saturated carbocycles. The quantitative estimate of drug-likeness (QED) is 0.665. The topological polar surface area (TPSA) is 72.2 Å². The van der Waals surface area contributed by atoms with Crippen LogP contribution in [-0.4, -0.2) is 11.8 Å². The molecule has 3 N–H and O–H groups in total. The Morgan fingerprint density at radius 1 is 1.58 bits per heavy atom. The molecule has 0 aliphatic heterocycles. The zero-order valence-corrected chi connectivity index (χ0v) is 7.41. The predicted octanol–water partition coefficient (Wildman–Crippen LogP) is 0.825. The second-order valence-electron chi connectivity index (χ2n) is 1.93. The van der Waals surface area contributed by atoms with E-state index in [-0.39, 0.29) is 0 Å². The summed E-state index contributed by atoms with van der Waals surface area (Å²) >= 11 is 6.90. The number of primary amides is 1. The molecule has 0 radical (unpaired) electrons. The number of amides is 2. The second kappa shape index (κ2) is 3.55. The van der Waals surface area contributed by atoms with Crippen LogP contribution in [0.5, 0.6) is 0 Å². The van der Waals surface area contributed by atoms with Gasteiger partial charge in [-0.1, -0.05) is 11.6 Å². The maximum Gasteiger partial charge on any atom is 0.313 e. The van der Waals surface area contributed by atoms with Crippen molar-refractivity contribution in [3.8, 4) is 0 Å². The van der Waals surface area contributed by atoms with Crippen LogP contribution in [0, 0.1) is 0 Å². The molecule has 1 aromatic heterocycles. The predicted molar refractivity (Wildman–Crippen MR) is 47.2 cm³/mol. The van der Waals surface area contributed by atoms with E-state index in [9.17, 15) is 9.59 Å². The molecule has 0 aromatic carbocycles. The number of carbonyl (C=O) groups excluding carboxylic acids is 2. The maximum atomic E-state index is 10.7. The summed E-state index contributed by atoms with van der Waals surface area (Å²) in [6, 6.07) is 1.59. The van der Waals surface area contributed by atoms with Crippen LogP contribution in [0.25, 0.3) is 0 Å². The highest BCUT2D eigenvalue weighted by molar-refractivity contribution is 7.15. The molecule has 0 fully saturated rings. The van der Waals surface area contributed by atoms with Gasteiger partial charge in [0.05, 0.1) is 5.69 Å². The van der Waals surface area contributed by atoms with Crippen LogP contribution in [0.4, 0.5) is 5.69 Å². The van der Waals surface area contributed by atoms with E-state index >= 15 is 0 Å². The second-order valence-corrected chi connectivity index (χ2v) is 3.44. The van der Waals surface area contributed by atoms with Gasteiger partial charge in [0.25, 0.3) is 0 Å². The van der Waals surface area contributed by atoms with E-state index in [0.29, 0.717) is 10.0 Å². The normalized spacial score (nSPS) is 9.42. The SMILES string of the molecule is NC(=O)C(=O)Nc1ccsc1Cl. The van der Waals surface area contributed by atoms with Crippen molar-refractivity contribution in [2.75, 3.05) is 5.32 Å². The summed E-state index contributed by atoms with van der Waals surface area (Å²) in [4.78, 5) is 21.0. The Bertz CT molecular complexity index is 323. The molecule has 0 unspecified atom stereocenters. The van der Waals surface area contributed by atoms with Gasteiger partial charge < -0.3 is 11.1 Å². The minimum atomic E-state index is -1.03. The number of rotatable bonds is 1. The van der Waals surface area contributed by atoms with Gasteiger partial charge in [0, 0.05) is 0 Å². The van der Waals surface area contributed by atoms with E-state index in [1.165, 1.54) is 11.3 Å². The average molecular weight is 205 g/mol.